The van der Waals surface area contributed by atoms with E-state index in [2.05, 4.69) is 0 Å². The summed E-state index contributed by atoms with van der Waals surface area (Å²) in [6, 6.07) is 11.9. The van der Waals surface area contributed by atoms with Crippen LogP contribution >= 0.6 is 0 Å². The second kappa shape index (κ2) is 7.15. The maximum atomic E-state index is 13.2. The van der Waals surface area contributed by atoms with Crippen molar-refractivity contribution in [1.82, 2.24) is 0 Å². The van der Waals surface area contributed by atoms with Crippen LogP contribution in [0.2, 0.25) is 0 Å². The lowest BCUT2D eigenvalue weighted by molar-refractivity contribution is 0.414. The molecule has 0 aliphatic rings. The van der Waals surface area contributed by atoms with E-state index in [1.165, 1.54) is 25.3 Å². The molecule has 0 aromatic heterocycles. The second-order valence-corrected chi connectivity index (χ2v) is 6.97. The van der Waals surface area contributed by atoms with E-state index in [0.717, 1.165) is 6.07 Å². The number of nitrogens with zero attached hydrogens (tertiary/aromatic N) is 1. The van der Waals surface area contributed by atoms with Gasteiger partial charge in [-0.25, -0.2) is 12.8 Å². The third kappa shape index (κ3) is 4.12. The van der Waals surface area contributed by atoms with Crippen LogP contribution in [0.15, 0.2) is 47.4 Å². The number of benzene rings is 2. The topological polar surface area (TPSA) is 93.2 Å². The van der Waals surface area contributed by atoms with Gasteiger partial charge in [0, 0.05) is 0 Å². The van der Waals surface area contributed by atoms with E-state index in [1.807, 2.05) is 0 Å². The van der Waals surface area contributed by atoms with Crippen LogP contribution < -0.4 is 10.5 Å². The van der Waals surface area contributed by atoms with Gasteiger partial charge in [-0.3, -0.25) is 0 Å². The van der Waals surface area contributed by atoms with E-state index in [-0.39, 0.29) is 11.4 Å². The number of anilines is 1. The number of sulfone groups is 1. The number of nitrogens with two attached hydrogens (primary N) is 1. The standard InChI is InChI=1S/C17H15FN2O3S/c1-23-14-5-2-12(3-6-14)11-24(21,22)15(10-19)8-13-4-7-16(18)17(20)9-13/h2-9H,11,20H2,1H3. The average molecular weight is 346 g/mol. The number of nitriles is 1. The molecule has 5 nitrogen and oxygen atoms in total. The minimum Gasteiger partial charge on any atom is -0.497 e. The molecule has 7 heteroatoms. The van der Waals surface area contributed by atoms with Gasteiger partial charge < -0.3 is 10.5 Å². The third-order valence-electron chi connectivity index (χ3n) is 3.28. The molecule has 124 valence electrons. The lowest BCUT2D eigenvalue weighted by Crippen LogP contribution is -2.06. The molecule has 0 unspecified atom stereocenters. The molecule has 0 radical (unpaired) electrons. The van der Waals surface area contributed by atoms with E-state index in [0.29, 0.717) is 16.9 Å². The lowest BCUT2D eigenvalue weighted by atomic mass is 10.2. The van der Waals surface area contributed by atoms with Crippen molar-refractivity contribution in [3.8, 4) is 11.8 Å². The summed E-state index contributed by atoms with van der Waals surface area (Å²) in [4.78, 5) is -0.413. The molecule has 24 heavy (non-hydrogen) atoms. The summed E-state index contributed by atoms with van der Waals surface area (Å²) in [5, 5.41) is 9.18. The predicted molar refractivity (Wildman–Crippen MR) is 90.0 cm³/mol. The summed E-state index contributed by atoms with van der Waals surface area (Å²) in [5.74, 6) is -0.326. The normalized spacial score (nSPS) is 11.8. The zero-order chi connectivity index (χ0) is 17.7. The van der Waals surface area contributed by atoms with E-state index in [9.17, 15) is 18.1 Å². The highest BCUT2D eigenvalue weighted by Gasteiger charge is 2.19. The molecule has 0 bridgehead atoms. The summed E-state index contributed by atoms with van der Waals surface area (Å²) in [6.45, 7) is 0. The number of methoxy groups -OCH3 is 1. The van der Waals surface area contributed by atoms with Gasteiger partial charge in [0.15, 0.2) is 9.84 Å². The van der Waals surface area contributed by atoms with Crippen molar-refractivity contribution in [1.29, 1.82) is 5.26 Å². The third-order valence-corrected chi connectivity index (χ3v) is 4.87. The zero-order valence-corrected chi connectivity index (χ0v) is 13.7. The van der Waals surface area contributed by atoms with Gasteiger partial charge in [0.05, 0.1) is 18.6 Å². The minimum absolute atomic E-state index is 0.117. The molecule has 0 spiro atoms. The Morgan fingerprint density at radius 2 is 1.96 bits per heavy atom. The Morgan fingerprint density at radius 3 is 2.50 bits per heavy atom. The number of halogens is 1. The van der Waals surface area contributed by atoms with E-state index >= 15 is 0 Å². The number of hydrogen-bond acceptors (Lipinski definition) is 5. The van der Waals surface area contributed by atoms with Crippen molar-refractivity contribution in [3.05, 3.63) is 64.3 Å². The Labute approximate surface area is 139 Å². The van der Waals surface area contributed by atoms with Crippen LogP contribution in [0.5, 0.6) is 5.75 Å². The molecule has 0 amide bonds. The first kappa shape index (κ1) is 17.5. The molecule has 0 saturated heterocycles. The Balaban J connectivity index is 2.31. The molecule has 2 N–H and O–H groups in total. The quantitative estimate of drug-likeness (QED) is 0.664. The molecule has 2 aromatic rings. The molecule has 0 saturated carbocycles. The van der Waals surface area contributed by atoms with Crippen LogP contribution in [-0.2, 0) is 15.6 Å². The van der Waals surface area contributed by atoms with Crippen LogP contribution in [0, 0.1) is 17.1 Å². The SMILES string of the molecule is COc1ccc(CS(=O)(=O)C(C#N)=Cc2ccc(F)c(N)c2)cc1. The van der Waals surface area contributed by atoms with E-state index in [4.69, 9.17) is 10.5 Å². The van der Waals surface area contributed by atoms with Crippen molar-refractivity contribution in [3.63, 3.8) is 0 Å². The predicted octanol–water partition coefficient (Wildman–Crippen LogP) is 2.90. The van der Waals surface area contributed by atoms with Crippen molar-refractivity contribution in [2.45, 2.75) is 5.75 Å². The highest BCUT2D eigenvalue weighted by molar-refractivity contribution is 7.95. The first-order chi connectivity index (χ1) is 11.4. The van der Waals surface area contributed by atoms with Gasteiger partial charge in [-0.1, -0.05) is 18.2 Å². The number of nitrogen functional groups attached to an aromatic ring is 1. The van der Waals surface area contributed by atoms with Gasteiger partial charge in [0.1, 0.15) is 22.5 Å². The maximum absolute atomic E-state index is 13.2. The minimum atomic E-state index is -3.84. The fraction of sp³-hybridized carbons (Fsp3) is 0.118. The fourth-order valence-corrected chi connectivity index (χ4v) is 3.26. The largest absolute Gasteiger partial charge is 0.497 e. The van der Waals surface area contributed by atoms with E-state index < -0.39 is 20.6 Å². The fourth-order valence-electron chi connectivity index (χ4n) is 2.01. The summed E-state index contributed by atoms with van der Waals surface area (Å²) < 4.78 is 43.0. The summed E-state index contributed by atoms with van der Waals surface area (Å²) in [7, 11) is -2.33. The Morgan fingerprint density at radius 1 is 1.29 bits per heavy atom. The number of rotatable bonds is 5. The van der Waals surface area contributed by atoms with Crippen LogP contribution in [-0.4, -0.2) is 15.5 Å². The zero-order valence-electron chi connectivity index (χ0n) is 12.9. The average Bonchev–Trinajstić information content (AvgIpc) is 2.56. The highest BCUT2D eigenvalue weighted by atomic mass is 32.2. The maximum Gasteiger partial charge on any atom is 0.192 e. The smallest absolute Gasteiger partial charge is 0.192 e. The van der Waals surface area contributed by atoms with Gasteiger partial charge in [-0.15, -0.1) is 0 Å². The Kier molecular flexibility index (Phi) is 5.21. The molecule has 0 aliphatic heterocycles. The van der Waals surface area contributed by atoms with E-state index in [1.54, 1.807) is 30.3 Å². The molecule has 0 heterocycles. The summed E-state index contributed by atoms with van der Waals surface area (Å²) in [5.41, 5.74) is 6.19. The van der Waals surface area contributed by atoms with Crippen LogP contribution in [0.1, 0.15) is 11.1 Å². The monoisotopic (exact) mass is 346 g/mol. The molecule has 2 rings (SSSR count). The molecule has 2 aromatic carbocycles. The van der Waals surface area contributed by atoms with Gasteiger partial charge >= 0.3 is 0 Å². The first-order valence-corrected chi connectivity index (χ1v) is 8.53. The summed E-state index contributed by atoms with van der Waals surface area (Å²) >= 11 is 0. The second-order valence-electron chi connectivity index (χ2n) is 5.01. The van der Waals surface area contributed by atoms with Gasteiger partial charge in [0.25, 0.3) is 0 Å². The first-order valence-electron chi connectivity index (χ1n) is 6.88. The van der Waals surface area contributed by atoms with Crippen molar-refractivity contribution in [2.75, 3.05) is 12.8 Å². The van der Waals surface area contributed by atoms with Crippen LogP contribution in [0.3, 0.4) is 0 Å². The van der Waals surface area contributed by atoms with Crippen molar-refractivity contribution in [2.24, 2.45) is 0 Å². The molecular formula is C17H15FN2O3S. The Bertz CT molecular complexity index is 914. The van der Waals surface area contributed by atoms with Gasteiger partial charge in [-0.05, 0) is 41.5 Å². The number of allylic oxidation sites excluding steroid dienone is 1. The molecule has 0 fully saturated rings. The van der Waals surface area contributed by atoms with Crippen LogP contribution in [0.25, 0.3) is 6.08 Å². The van der Waals surface area contributed by atoms with Gasteiger partial charge in [-0.2, -0.15) is 5.26 Å². The van der Waals surface area contributed by atoms with Crippen molar-refractivity contribution < 1.29 is 17.5 Å². The Hall–Kier alpha value is -2.85. The molecule has 0 aliphatic carbocycles. The molecular weight excluding hydrogens is 331 g/mol. The van der Waals surface area contributed by atoms with Crippen LogP contribution in [0.4, 0.5) is 10.1 Å². The number of hydrogen-bond donors (Lipinski definition) is 1. The number of ether oxygens (including phenoxy) is 1. The van der Waals surface area contributed by atoms with Crippen molar-refractivity contribution >= 4 is 21.6 Å². The summed E-state index contributed by atoms with van der Waals surface area (Å²) in [6.07, 6.45) is 1.18. The molecule has 0 atom stereocenters. The highest BCUT2D eigenvalue weighted by Crippen LogP contribution is 2.21. The lowest BCUT2D eigenvalue weighted by Gasteiger charge is -2.05. The van der Waals surface area contributed by atoms with Gasteiger partial charge in [0.2, 0.25) is 0 Å².